The Labute approximate surface area is 165 Å². The van der Waals surface area contributed by atoms with Gasteiger partial charge in [0, 0.05) is 17.2 Å². The van der Waals surface area contributed by atoms with Crippen molar-refractivity contribution in [2.75, 3.05) is 26.1 Å². The molecule has 0 saturated carbocycles. The van der Waals surface area contributed by atoms with E-state index in [1.54, 1.807) is 14.2 Å². The molecule has 5 heteroatoms. The fourth-order valence-corrected chi connectivity index (χ4v) is 4.40. The number of carbonyl (C=O) groups is 1. The first kappa shape index (κ1) is 18.4. The summed E-state index contributed by atoms with van der Waals surface area (Å²) in [7, 11) is 3.33. The fraction of sp³-hybridized carbons (Fsp3) is 0.348. The van der Waals surface area contributed by atoms with Gasteiger partial charge in [-0.15, -0.1) is 0 Å². The lowest BCUT2D eigenvalue weighted by Crippen LogP contribution is -2.29. The van der Waals surface area contributed by atoms with Crippen LogP contribution in [-0.4, -0.2) is 26.8 Å². The van der Waals surface area contributed by atoms with Crippen LogP contribution in [0.1, 0.15) is 46.8 Å². The van der Waals surface area contributed by atoms with Gasteiger partial charge in [-0.1, -0.05) is 24.3 Å². The second-order valence-corrected chi connectivity index (χ2v) is 7.08. The first-order chi connectivity index (χ1) is 13.7. The third kappa shape index (κ3) is 3.01. The highest BCUT2D eigenvalue weighted by Gasteiger charge is 2.39. The molecule has 3 atom stereocenters. The second kappa shape index (κ2) is 7.58. The number of ether oxygens (including phenoxy) is 3. The number of nitrogens with one attached hydrogen (secondary N) is 1. The molecule has 0 fully saturated rings. The van der Waals surface area contributed by atoms with Gasteiger partial charge in [0.15, 0.2) is 11.5 Å². The summed E-state index contributed by atoms with van der Waals surface area (Å²) >= 11 is 0. The molecule has 1 aliphatic heterocycles. The van der Waals surface area contributed by atoms with Gasteiger partial charge in [0.05, 0.1) is 32.4 Å². The van der Waals surface area contributed by atoms with Crippen molar-refractivity contribution < 1.29 is 19.0 Å². The Morgan fingerprint density at radius 1 is 1.14 bits per heavy atom. The minimum atomic E-state index is -0.277. The molecular formula is C23H25NO4. The average molecular weight is 379 g/mol. The largest absolute Gasteiger partial charge is 0.493 e. The van der Waals surface area contributed by atoms with E-state index in [9.17, 15) is 4.79 Å². The van der Waals surface area contributed by atoms with Gasteiger partial charge >= 0.3 is 5.97 Å². The summed E-state index contributed by atoms with van der Waals surface area (Å²) in [5, 5.41) is 3.68. The minimum Gasteiger partial charge on any atom is -0.493 e. The summed E-state index contributed by atoms with van der Waals surface area (Å²) in [6, 6.07) is 11.8. The maximum atomic E-state index is 12.2. The summed E-state index contributed by atoms with van der Waals surface area (Å²) in [5.41, 5.74) is 3.86. The van der Waals surface area contributed by atoms with Crippen LogP contribution in [0, 0.1) is 5.92 Å². The monoisotopic (exact) mass is 379 g/mol. The Bertz CT molecular complexity index is 921. The number of para-hydroxylation sites is 1. The molecule has 1 aliphatic carbocycles. The molecule has 0 bridgehead atoms. The number of fused-ring (bicyclic) bond motifs is 3. The molecular weight excluding hydrogens is 354 g/mol. The summed E-state index contributed by atoms with van der Waals surface area (Å²) in [6.45, 7) is 2.19. The van der Waals surface area contributed by atoms with Crippen LogP contribution < -0.4 is 14.8 Å². The Balaban J connectivity index is 1.75. The van der Waals surface area contributed by atoms with Crippen molar-refractivity contribution >= 4 is 11.7 Å². The Hall–Kier alpha value is -2.95. The maximum Gasteiger partial charge on any atom is 0.338 e. The highest BCUT2D eigenvalue weighted by molar-refractivity contribution is 5.90. The van der Waals surface area contributed by atoms with Gasteiger partial charge < -0.3 is 19.5 Å². The lowest BCUT2D eigenvalue weighted by Gasteiger charge is -2.38. The van der Waals surface area contributed by atoms with Crippen molar-refractivity contribution in [1.82, 2.24) is 0 Å². The molecule has 0 saturated heterocycles. The van der Waals surface area contributed by atoms with Gasteiger partial charge in [0.2, 0.25) is 0 Å². The highest BCUT2D eigenvalue weighted by atomic mass is 16.5. The van der Waals surface area contributed by atoms with E-state index < -0.39 is 0 Å². The second-order valence-electron chi connectivity index (χ2n) is 7.08. The number of hydrogen-bond acceptors (Lipinski definition) is 5. The van der Waals surface area contributed by atoms with E-state index in [1.807, 2.05) is 37.3 Å². The van der Waals surface area contributed by atoms with Crippen LogP contribution in [0.25, 0.3) is 0 Å². The Morgan fingerprint density at radius 2 is 2.00 bits per heavy atom. The maximum absolute atomic E-state index is 12.2. The zero-order valence-electron chi connectivity index (χ0n) is 16.4. The molecule has 0 unspecified atom stereocenters. The minimum absolute atomic E-state index is 0.0889. The number of esters is 1. The van der Waals surface area contributed by atoms with E-state index in [0.29, 0.717) is 18.1 Å². The summed E-state index contributed by atoms with van der Waals surface area (Å²) in [5.74, 6) is 1.80. The molecule has 0 spiro atoms. The van der Waals surface area contributed by atoms with Crippen molar-refractivity contribution in [2.45, 2.75) is 25.3 Å². The van der Waals surface area contributed by atoms with Crippen LogP contribution in [0.4, 0.5) is 5.69 Å². The zero-order valence-corrected chi connectivity index (χ0v) is 16.4. The molecule has 4 rings (SSSR count). The van der Waals surface area contributed by atoms with Gasteiger partial charge in [-0.05, 0) is 49.1 Å². The van der Waals surface area contributed by atoms with Gasteiger partial charge in [-0.25, -0.2) is 4.79 Å². The number of carbonyl (C=O) groups excluding carboxylic acids is 1. The van der Waals surface area contributed by atoms with Gasteiger partial charge in [0.25, 0.3) is 0 Å². The SMILES string of the molecule is CCOC(=O)c1ccc2c(c1)[C@H]1C=CC[C@H]1[C@H](c1cccc(OC)c1OC)N2. The molecule has 0 radical (unpaired) electrons. The van der Waals surface area contributed by atoms with E-state index in [2.05, 4.69) is 23.5 Å². The smallest absolute Gasteiger partial charge is 0.338 e. The summed E-state index contributed by atoms with van der Waals surface area (Å²) in [4.78, 5) is 12.2. The van der Waals surface area contributed by atoms with Gasteiger partial charge in [-0.2, -0.15) is 0 Å². The third-order valence-electron chi connectivity index (χ3n) is 5.64. The quantitative estimate of drug-likeness (QED) is 0.602. The normalized spacial score (nSPS) is 22.0. The van der Waals surface area contributed by atoms with Gasteiger partial charge in [0.1, 0.15) is 0 Å². The van der Waals surface area contributed by atoms with Crippen LogP contribution in [0.2, 0.25) is 0 Å². The molecule has 28 heavy (non-hydrogen) atoms. The lowest BCUT2D eigenvalue weighted by molar-refractivity contribution is 0.0526. The van der Waals surface area contributed by atoms with E-state index >= 15 is 0 Å². The number of rotatable bonds is 5. The molecule has 2 aromatic rings. The third-order valence-corrected chi connectivity index (χ3v) is 5.64. The molecule has 0 aromatic heterocycles. The molecule has 2 aliphatic rings. The van der Waals surface area contributed by atoms with Crippen LogP contribution in [0.5, 0.6) is 11.5 Å². The van der Waals surface area contributed by atoms with Crippen molar-refractivity contribution in [3.05, 3.63) is 65.2 Å². The zero-order chi connectivity index (χ0) is 19.7. The Kier molecular flexibility index (Phi) is 4.99. The van der Waals surface area contributed by atoms with E-state index in [1.165, 1.54) is 0 Å². The van der Waals surface area contributed by atoms with Crippen LogP contribution in [0.3, 0.4) is 0 Å². The molecule has 0 amide bonds. The van der Waals surface area contributed by atoms with Crippen molar-refractivity contribution in [3.63, 3.8) is 0 Å². The number of benzene rings is 2. The number of methoxy groups -OCH3 is 2. The predicted molar refractivity (Wildman–Crippen MR) is 108 cm³/mol. The fourth-order valence-electron chi connectivity index (χ4n) is 4.40. The van der Waals surface area contributed by atoms with Crippen molar-refractivity contribution in [2.24, 2.45) is 5.92 Å². The molecule has 5 nitrogen and oxygen atoms in total. The molecule has 1 heterocycles. The average Bonchev–Trinajstić information content (AvgIpc) is 3.22. The number of anilines is 1. The lowest BCUT2D eigenvalue weighted by atomic mass is 9.76. The van der Waals surface area contributed by atoms with Gasteiger partial charge in [-0.3, -0.25) is 0 Å². The number of hydrogen-bond donors (Lipinski definition) is 1. The molecule has 1 N–H and O–H groups in total. The van der Waals surface area contributed by atoms with Crippen molar-refractivity contribution in [1.29, 1.82) is 0 Å². The topological polar surface area (TPSA) is 56.8 Å². The molecule has 2 aromatic carbocycles. The van der Waals surface area contributed by atoms with Crippen molar-refractivity contribution in [3.8, 4) is 11.5 Å². The standard InChI is InChI=1S/C23H25NO4/c1-4-28-23(25)14-11-12-19-18(13-14)15-7-5-8-16(15)21(24-19)17-9-6-10-20(26-2)22(17)27-3/h5-7,9-13,15-16,21,24H,4,8H2,1-3H3/t15-,16+,21+/m0/s1. The van der Waals surface area contributed by atoms with E-state index in [4.69, 9.17) is 14.2 Å². The summed E-state index contributed by atoms with van der Waals surface area (Å²) < 4.78 is 16.4. The Morgan fingerprint density at radius 3 is 2.75 bits per heavy atom. The summed E-state index contributed by atoms with van der Waals surface area (Å²) in [6.07, 6.45) is 5.44. The molecule has 146 valence electrons. The van der Waals surface area contributed by atoms with Crippen LogP contribution in [0.15, 0.2) is 48.6 Å². The first-order valence-corrected chi connectivity index (χ1v) is 9.63. The van der Waals surface area contributed by atoms with E-state index in [-0.39, 0.29) is 17.9 Å². The highest BCUT2D eigenvalue weighted by Crippen LogP contribution is 2.52. The van der Waals surface area contributed by atoms with Crippen LogP contribution >= 0.6 is 0 Å². The van der Waals surface area contributed by atoms with Crippen LogP contribution in [-0.2, 0) is 4.74 Å². The predicted octanol–water partition coefficient (Wildman–Crippen LogP) is 4.71. The van der Waals surface area contributed by atoms with E-state index in [0.717, 1.165) is 34.7 Å². The first-order valence-electron chi connectivity index (χ1n) is 9.63. The number of allylic oxidation sites excluding steroid dienone is 2.